The molecule has 1 N–H and O–H groups in total. The average Bonchev–Trinajstić information content (AvgIpc) is 2.16. The molecule has 0 atom stereocenters. The summed E-state index contributed by atoms with van der Waals surface area (Å²) in [6.45, 7) is 0.304. The fourth-order valence-electron chi connectivity index (χ4n) is 0.949. The lowest BCUT2D eigenvalue weighted by molar-refractivity contribution is 0.238. The molecule has 0 aliphatic rings. The van der Waals surface area contributed by atoms with Gasteiger partial charge in [0, 0.05) is 17.1 Å². The first kappa shape index (κ1) is 10.2. The number of benzene rings is 1. The summed E-state index contributed by atoms with van der Waals surface area (Å²) < 4.78 is 5.87. The van der Waals surface area contributed by atoms with Crippen molar-refractivity contribution in [2.24, 2.45) is 5.16 Å². The van der Waals surface area contributed by atoms with Gasteiger partial charge in [0.25, 0.3) is 0 Å². The van der Waals surface area contributed by atoms with Crippen LogP contribution < -0.4 is 0 Å². The number of halogens is 1. The van der Waals surface area contributed by atoms with Crippen LogP contribution in [0.5, 0.6) is 0 Å². The Kier molecular flexibility index (Phi) is 3.92. The standard InChI is InChI=1S/C9H10BrNO2/c1-13-6-9(11-12)7-2-4-8(10)5-3-7/h2-5,12H,6H2,1H3/b11-9-. The number of nitrogens with zero attached hydrogens (tertiary/aromatic N) is 1. The first-order chi connectivity index (χ1) is 6.27. The van der Waals surface area contributed by atoms with E-state index in [2.05, 4.69) is 21.1 Å². The van der Waals surface area contributed by atoms with Crippen LogP contribution in [0.3, 0.4) is 0 Å². The highest BCUT2D eigenvalue weighted by Crippen LogP contribution is 2.11. The van der Waals surface area contributed by atoms with Crippen LogP contribution in [0.1, 0.15) is 5.56 Å². The lowest BCUT2D eigenvalue weighted by Crippen LogP contribution is -2.08. The number of hydrogen-bond donors (Lipinski definition) is 1. The zero-order valence-electron chi connectivity index (χ0n) is 7.20. The normalized spacial score (nSPS) is 11.7. The van der Waals surface area contributed by atoms with E-state index in [0.29, 0.717) is 12.3 Å². The number of rotatable bonds is 3. The second-order valence-corrected chi connectivity index (χ2v) is 3.40. The molecule has 3 nitrogen and oxygen atoms in total. The SMILES string of the molecule is COC/C(=N/O)c1ccc(Br)cc1. The van der Waals surface area contributed by atoms with Crippen molar-refractivity contribution in [1.82, 2.24) is 0 Å². The summed E-state index contributed by atoms with van der Waals surface area (Å²) in [5.41, 5.74) is 1.38. The van der Waals surface area contributed by atoms with Crippen LogP contribution >= 0.6 is 15.9 Å². The summed E-state index contributed by atoms with van der Waals surface area (Å²) in [6.07, 6.45) is 0. The molecule has 1 rings (SSSR count). The molecule has 0 bridgehead atoms. The molecule has 70 valence electrons. The molecular weight excluding hydrogens is 234 g/mol. The van der Waals surface area contributed by atoms with E-state index in [1.807, 2.05) is 24.3 Å². The molecule has 0 fully saturated rings. The topological polar surface area (TPSA) is 41.8 Å². The summed E-state index contributed by atoms with van der Waals surface area (Å²) in [4.78, 5) is 0. The first-order valence-corrected chi connectivity index (χ1v) is 4.53. The van der Waals surface area contributed by atoms with Crippen LogP contribution in [0.2, 0.25) is 0 Å². The minimum atomic E-state index is 0.304. The Balaban J connectivity index is 2.87. The van der Waals surface area contributed by atoms with Crippen molar-refractivity contribution >= 4 is 21.6 Å². The van der Waals surface area contributed by atoms with Gasteiger partial charge in [0.1, 0.15) is 5.71 Å². The molecule has 4 heteroatoms. The van der Waals surface area contributed by atoms with E-state index in [-0.39, 0.29) is 0 Å². The van der Waals surface area contributed by atoms with E-state index in [1.54, 1.807) is 7.11 Å². The third-order valence-electron chi connectivity index (χ3n) is 1.58. The van der Waals surface area contributed by atoms with Crippen LogP contribution in [0.25, 0.3) is 0 Å². The Labute approximate surface area is 85.2 Å². The number of methoxy groups -OCH3 is 1. The van der Waals surface area contributed by atoms with Crippen molar-refractivity contribution in [2.75, 3.05) is 13.7 Å². The summed E-state index contributed by atoms with van der Waals surface area (Å²) in [6, 6.07) is 7.49. The molecule has 0 aromatic heterocycles. The lowest BCUT2D eigenvalue weighted by Gasteiger charge is -2.02. The van der Waals surface area contributed by atoms with Crippen molar-refractivity contribution < 1.29 is 9.94 Å². The highest BCUT2D eigenvalue weighted by atomic mass is 79.9. The Morgan fingerprint density at radius 2 is 2.08 bits per heavy atom. The van der Waals surface area contributed by atoms with Crippen molar-refractivity contribution in [3.63, 3.8) is 0 Å². The molecule has 13 heavy (non-hydrogen) atoms. The molecule has 0 unspecified atom stereocenters. The summed E-state index contributed by atoms with van der Waals surface area (Å²) in [5.74, 6) is 0. The van der Waals surface area contributed by atoms with E-state index >= 15 is 0 Å². The Hall–Kier alpha value is -0.870. The minimum Gasteiger partial charge on any atom is -0.411 e. The second kappa shape index (κ2) is 4.99. The van der Waals surface area contributed by atoms with Crippen molar-refractivity contribution in [3.8, 4) is 0 Å². The number of hydrogen-bond acceptors (Lipinski definition) is 3. The zero-order chi connectivity index (χ0) is 9.68. The average molecular weight is 244 g/mol. The van der Waals surface area contributed by atoms with E-state index in [0.717, 1.165) is 10.0 Å². The maximum Gasteiger partial charge on any atom is 0.112 e. The summed E-state index contributed by atoms with van der Waals surface area (Å²) in [5, 5.41) is 11.8. The summed E-state index contributed by atoms with van der Waals surface area (Å²) in [7, 11) is 1.56. The van der Waals surface area contributed by atoms with Gasteiger partial charge in [-0.15, -0.1) is 0 Å². The van der Waals surface area contributed by atoms with Crippen LogP contribution in [0, 0.1) is 0 Å². The molecule has 0 radical (unpaired) electrons. The maximum absolute atomic E-state index is 8.68. The molecule has 1 aromatic rings. The van der Waals surface area contributed by atoms with Gasteiger partial charge in [-0.25, -0.2) is 0 Å². The van der Waals surface area contributed by atoms with Gasteiger partial charge in [0.15, 0.2) is 0 Å². The number of oxime groups is 1. The Morgan fingerprint density at radius 1 is 1.46 bits per heavy atom. The third-order valence-corrected chi connectivity index (χ3v) is 2.11. The fraction of sp³-hybridized carbons (Fsp3) is 0.222. The molecule has 0 spiro atoms. The molecule has 0 heterocycles. The lowest BCUT2D eigenvalue weighted by atomic mass is 10.1. The van der Waals surface area contributed by atoms with Crippen molar-refractivity contribution in [2.45, 2.75) is 0 Å². The highest BCUT2D eigenvalue weighted by Gasteiger charge is 2.02. The van der Waals surface area contributed by atoms with E-state index in [1.165, 1.54) is 0 Å². The van der Waals surface area contributed by atoms with Crippen molar-refractivity contribution in [3.05, 3.63) is 34.3 Å². The maximum atomic E-state index is 8.68. The van der Waals surface area contributed by atoms with Crippen LogP contribution in [-0.4, -0.2) is 24.6 Å². The Morgan fingerprint density at radius 3 is 2.54 bits per heavy atom. The smallest absolute Gasteiger partial charge is 0.112 e. The van der Waals surface area contributed by atoms with Gasteiger partial charge in [-0.05, 0) is 12.1 Å². The first-order valence-electron chi connectivity index (χ1n) is 3.73. The second-order valence-electron chi connectivity index (χ2n) is 2.49. The molecule has 0 saturated heterocycles. The van der Waals surface area contributed by atoms with E-state index in [4.69, 9.17) is 9.94 Å². The van der Waals surface area contributed by atoms with Gasteiger partial charge in [0.2, 0.25) is 0 Å². The fourth-order valence-corrected chi connectivity index (χ4v) is 1.21. The quantitative estimate of drug-likeness (QED) is 0.503. The van der Waals surface area contributed by atoms with E-state index in [9.17, 15) is 0 Å². The van der Waals surface area contributed by atoms with Crippen LogP contribution in [-0.2, 0) is 4.74 Å². The predicted molar refractivity (Wildman–Crippen MR) is 54.3 cm³/mol. The summed E-state index contributed by atoms with van der Waals surface area (Å²) >= 11 is 3.32. The van der Waals surface area contributed by atoms with Gasteiger partial charge in [-0.3, -0.25) is 0 Å². The van der Waals surface area contributed by atoms with E-state index < -0.39 is 0 Å². The van der Waals surface area contributed by atoms with Gasteiger partial charge < -0.3 is 9.94 Å². The van der Waals surface area contributed by atoms with Crippen molar-refractivity contribution in [1.29, 1.82) is 0 Å². The minimum absolute atomic E-state index is 0.304. The van der Waals surface area contributed by atoms with Gasteiger partial charge in [-0.1, -0.05) is 33.2 Å². The van der Waals surface area contributed by atoms with Gasteiger partial charge in [0.05, 0.1) is 6.61 Å². The monoisotopic (exact) mass is 243 g/mol. The molecule has 0 aliphatic heterocycles. The molecule has 0 saturated carbocycles. The van der Waals surface area contributed by atoms with Gasteiger partial charge >= 0.3 is 0 Å². The van der Waals surface area contributed by atoms with Gasteiger partial charge in [-0.2, -0.15) is 0 Å². The largest absolute Gasteiger partial charge is 0.411 e. The Bertz CT molecular complexity index is 295. The van der Waals surface area contributed by atoms with Crippen LogP contribution in [0.15, 0.2) is 33.9 Å². The van der Waals surface area contributed by atoms with Crippen LogP contribution in [0.4, 0.5) is 0 Å². The third kappa shape index (κ3) is 2.82. The molecule has 0 aliphatic carbocycles. The highest BCUT2D eigenvalue weighted by molar-refractivity contribution is 9.10. The molecule has 1 aromatic carbocycles. The molecular formula is C9H10BrNO2. The molecule has 0 amide bonds. The number of ether oxygens (including phenoxy) is 1. The predicted octanol–water partition coefficient (Wildman–Crippen LogP) is 2.27. The zero-order valence-corrected chi connectivity index (χ0v) is 8.78.